The lowest BCUT2D eigenvalue weighted by atomic mass is 10.1. The molecule has 2 N–H and O–H groups in total. The van der Waals surface area contributed by atoms with E-state index in [2.05, 4.69) is 0 Å². The summed E-state index contributed by atoms with van der Waals surface area (Å²) in [6.45, 7) is 1.54. The largest absolute Gasteiger partial charge is 0.505 e. The first kappa shape index (κ1) is 10.8. The molecule has 0 spiro atoms. The molecule has 0 aromatic heterocycles. The number of aryl methyl sites for hydroxylation is 1. The Labute approximate surface area is 84.7 Å². The Morgan fingerprint density at radius 2 is 2.21 bits per heavy atom. The molecule has 0 heterocycles. The van der Waals surface area contributed by atoms with E-state index < -0.39 is 24.0 Å². The number of rotatable bonds is 2. The number of halogens is 2. The number of aliphatic carboxylic acids is 1. The summed E-state index contributed by atoms with van der Waals surface area (Å²) in [5.41, 5.74) is 0.315. The minimum absolute atomic E-state index is 0.0864. The van der Waals surface area contributed by atoms with Crippen LogP contribution in [0.2, 0.25) is 5.02 Å². The molecule has 1 rings (SSSR count). The van der Waals surface area contributed by atoms with E-state index >= 15 is 0 Å². The number of carboxylic acids is 1. The lowest BCUT2D eigenvalue weighted by Crippen LogP contribution is -2.03. The number of aromatic hydroxyl groups is 1. The molecular weight excluding hydrogens is 211 g/mol. The molecule has 0 unspecified atom stereocenters. The quantitative estimate of drug-likeness (QED) is 0.800. The predicted octanol–water partition coefficient (Wildman–Crippen LogP) is 2.12. The number of hydrogen-bond acceptors (Lipinski definition) is 2. The van der Waals surface area contributed by atoms with E-state index in [0.717, 1.165) is 6.07 Å². The molecule has 0 saturated heterocycles. The van der Waals surface area contributed by atoms with E-state index in [1.807, 2.05) is 0 Å². The van der Waals surface area contributed by atoms with E-state index in [4.69, 9.17) is 16.7 Å². The Balaban J connectivity index is 3.31. The first-order valence-electron chi connectivity index (χ1n) is 3.81. The second-order valence-electron chi connectivity index (χ2n) is 2.89. The van der Waals surface area contributed by atoms with Gasteiger partial charge in [0.1, 0.15) is 0 Å². The van der Waals surface area contributed by atoms with Crippen molar-refractivity contribution in [2.75, 3.05) is 0 Å². The first-order valence-corrected chi connectivity index (χ1v) is 4.19. The summed E-state index contributed by atoms with van der Waals surface area (Å²) < 4.78 is 13.0. The molecule has 0 aliphatic carbocycles. The Morgan fingerprint density at radius 1 is 1.64 bits per heavy atom. The van der Waals surface area contributed by atoms with Gasteiger partial charge in [0, 0.05) is 5.56 Å². The average Bonchev–Trinajstić information content (AvgIpc) is 2.09. The second-order valence-corrected chi connectivity index (χ2v) is 3.26. The third-order valence-corrected chi connectivity index (χ3v) is 2.32. The van der Waals surface area contributed by atoms with Crippen molar-refractivity contribution in [3.8, 4) is 5.75 Å². The van der Waals surface area contributed by atoms with Crippen LogP contribution in [0.3, 0.4) is 0 Å². The molecule has 0 fully saturated rings. The lowest BCUT2D eigenvalue weighted by Gasteiger charge is -2.08. The van der Waals surface area contributed by atoms with Crippen LogP contribution in [0.4, 0.5) is 4.39 Å². The molecule has 3 nitrogen and oxygen atoms in total. The predicted molar refractivity (Wildman–Crippen MR) is 49.2 cm³/mol. The van der Waals surface area contributed by atoms with Crippen molar-refractivity contribution in [2.45, 2.75) is 13.3 Å². The van der Waals surface area contributed by atoms with Gasteiger partial charge in [-0.25, -0.2) is 4.39 Å². The van der Waals surface area contributed by atoms with Crippen molar-refractivity contribution in [3.63, 3.8) is 0 Å². The Morgan fingerprint density at radius 3 is 2.71 bits per heavy atom. The van der Waals surface area contributed by atoms with Gasteiger partial charge in [-0.05, 0) is 18.6 Å². The highest BCUT2D eigenvalue weighted by Gasteiger charge is 2.16. The Kier molecular flexibility index (Phi) is 2.96. The molecule has 1 aromatic rings. The topological polar surface area (TPSA) is 57.5 Å². The number of benzene rings is 1. The summed E-state index contributed by atoms with van der Waals surface area (Å²) in [6, 6.07) is 1.06. The monoisotopic (exact) mass is 218 g/mol. The molecule has 5 heteroatoms. The Hall–Kier alpha value is -1.29. The van der Waals surface area contributed by atoms with Gasteiger partial charge in [-0.15, -0.1) is 0 Å². The molecule has 76 valence electrons. The van der Waals surface area contributed by atoms with Crippen LogP contribution in [0, 0.1) is 12.7 Å². The normalized spacial score (nSPS) is 10.2. The third kappa shape index (κ3) is 1.96. The van der Waals surface area contributed by atoms with Gasteiger partial charge in [0.05, 0.1) is 11.4 Å². The number of phenols is 1. The number of phenolic OH excluding ortho intramolecular Hbond substituents is 1. The van der Waals surface area contributed by atoms with Gasteiger partial charge < -0.3 is 10.2 Å². The van der Waals surface area contributed by atoms with Crippen LogP contribution < -0.4 is 0 Å². The van der Waals surface area contributed by atoms with Crippen molar-refractivity contribution in [3.05, 3.63) is 28.0 Å². The third-order valence-electron chi connectivity index (χ3n) is 1.79. The molecule has 0 amide bonds. The summed E-state index contributed by atoms with van der Waals surface area (Å²) in [7, 11) is 0. The van der Waals surface area contributed by atoms with Crippen LogP contribution in [0.15, 0.2) is 6.07 Å². The van der Waals surface area contributed by atoms with Gasteiger partial charge in [-0.3, -0.25) is 4.79 Å². The minimum Gasteiger partial charge on any atom is -0.505 e. The smallest absolute Gasteiger partial charge is 0.308 e. The highest BCUT2D eigenvalue weighted by Crippen LogP contribution is 2.31. The summed E-state index contributed by atoms with van der Waals surface area (Å²) in [4.78, 5) is 10.4. The van der Waals surface area contributed by atoms with Crippen molar-refractivity contribution < 1.29 is 19.4 Å². The summed E-state index contributed by atoms with van der Waals surface area (Å²) in [5.74, 6) is -2.72. The van der Waals surface area contributed by atoms with Gasteiger partial charge >= 0.3 is 5.97 Å². The van der Waals surface area contributed by atoms with Crippen molar-refractivity contribution in [1.29, 1.82) is 0 Å². The van der Waals surface area contributed by atoms with Crippen molar-refractivity contribution in [2.24, 2.45) is 0 Å². The van der Waals surface area contributed by atoms with Crippen LogP contribution in [0.25, 0.3) is 0 Å². The van der Waals surface area contributed by atoms with E-state index in [9.17, 15) is 14.3 Å². The maximum atomic E-state index is 13.0. The summed E-state index contributed by atoms with van der Waals surface area (Å²) >= 11 is 5.72. The molecule has 0 atom stereocenters. The fraction of sp³-hybridized carbons (Fsp3) is 0.222. The summed E-state index contributed by atoms with van der Waals surface area (Å²) in [6.07, 6.45) is -0.497. The summed E-state index contributed by atoms with van der Waals surface area (Å²) in [5, 5.41) is 17.8. The van der Waals surface area contributed by atoms with Gasteiger partial charge in [-0.2, -0.15) is 0 Å². The van der Waals surface area contributed by atoms with Gasteiger partial charge in [0.15, 0.2) is 11.6 Å². The second kappa shape index (κ2) is 3.84. The van der Waals surface area contributed by atoms with Crippen LogP contribution in [-0.4, -0.2) is 16.2 Å². The van der Waals surface area contributed by atoms with E-state index in [0.29, 0.717) is 5.56 Å². The zero-order valence-corrected chi connectivity index (χ0v) is 8.10. The molecule has 0 bridgehead atoms. The fourth-order valence-corrected chi connectivity index (χ4v) is 1.33. The van der Waals surface area contributed by atoms with Gasteiger partial charge in [-0.1, -0.05) is 11.6 Å². The highest BCUT2D eigenvalue weighted by atomic mass is 35.5. The first-order chi connectivity index (χ1) is 6.43. The van der Waals surface area contributed by atoms with Gasteiger partial charge in [0.2, 0.25) is 0 Å². The molecule has 0 aliphatic rings. The standard InChI is InChI=1S/C9H8ClFO3/c1-4-2-6(11)9(14)5(8(4)10)3-7(12)13/h2,14H,3H2,1H3,(H,12,13). The number of carbonyl (C=O) groups is 1. The molecule has 0 aliphatic heterocycles. The SMILES string of the molecule is Cc1cc(F)c(O)c(CC(=O)O)c1Cl. The van der Waals surface area contributed by atoms with Crippen molar-refractivity contribution in [1.82, 2.24) is 0 Å². The molecule has 14 heavy (non-hydrogen) atoms. The Bertz CT molecular complexity index is 364. The van der Waals surface area contributed by atoms with Crippen LogP contribution in [0.1, 0.15) is 11.1 Å². The molecule has 1 aromatic carbocycles. The maximum Gasteiger partial charge on any atom is 0.308 e. The zero-order valence-electron chi connectivity index (χ0n) is 7.34. The van der Waals surface area contributed by atoms with E-state index in [1.54, 1.807) is 0 Å². The lowest BCUT2D eigenvalue weighted by molar-refractivity contribution is -0.136. The van der Waals surface area contributed by atoms with Gasteiger partial charge in [0.25, 0.3) is 0 Å². The average molecular weight is 219 g/mol. The number of hydrogen-bond donors (Lipinski definition) is 2. The number of carboxylic acid groups (broad SMARTS) is 1. The molecular formula is C9H8ClFO3. The van der Waals surface area contributed by atoms with Crippen LogP contribution >= 0.6 is 11.6 Å². The van der Waals surface area contributed by atoms with E-state index in [1.165, 1.54) is 6.92 Å². The maximum absolute atomic E-state index is 13.0. The molecule has 0 radical (unpaired) electrons. The van der Waals surface area contributed by atoms with Crippen LogP contribution in [0.5, 0.6) is 5.75 Å². The minimum atomic E-state index is -1.17. The molecule has 0 saturated carbocycles. The van der Waals surface area contributed by atoms with Crippen LogP contribution in [-0.2, 0) is 11.2 Å². The van der Waals surface area contributed by atoms with E-state index in [-0.39, 0.29) is 10.6 Å². The zero-order chi connectivity index (χ0) is 10.9. The van der Waals surface area contributed by atoms with Crippen molar-refractivity contribution >= 4 is 17.6 Å². The highest BCUT2D eigenvalue weighted by molar-refractivity contribution is 6.32. The fourth-order valence-electron chi connectivity index (χ4n) is 1.12.